The number of rotatable bonds is 4. The summed E-state index contributed by atoms with van der Waals surface area (Å²) in [5.41, 5.74) is 1.43. The minimum atomic E-state index is 0.0614. The van der Waals surface area contributed by atoms with Crippen molar-refractivity contribution in [3.63, 3.8) is 0 Å². The fraction of sp³-hybridized carbons (Fsp3) is 0.154. The topological polar surface area (TPSA) is 54.9 Å². The fourth-order valence-corrected chi connectivity index (χ4v) is 1.51. The number of anilines is 1. The number of nitrogens with one attached hydrogen (secondary N) is 1. The maximum absolute atomic E-state index is 11.9. The predicted molar refractivity (Wildman–Crippen MR) is 66.1 cm³/mol. The number of hydrogen-bond donors (Lipinski definition) is 1. The Morgan fingerprint density at radius 2 is 2.00 bits per heavy atom. The van der Waals surface area contributed by atoms with Gasteiger partial charge in [-0.15, -0.1) is 0 Å². The highest BCUT2D eigenvalue weighted by atomic mass is 16.1. The first kappa shape index (κ1) is 11.3. The minimum absolute atomic E-state index is 0.0614. The first-order valence-electron chi connectivity index (χ1n) is 5.37. The van der Waals surface area contributed by atoms with E-state index in [0.717, 1.165) is 5.69 Å². The van der Waals surface area contributed by atoms with E-state index in [2.05, 4.69) is 15.3 Å². The largest absolute Gasteiger partial charge is 0.357 e. The van der Waals surface area contributed by atoms with Crippen LogP contribution in [0.15, 0.2) is 42.6 Å². The van der Waals surface area contributed by atoms with Crippen LogP contribution in [-0.2, 0) is 6.42 Å². The zero-order chi connectivity index (χ0) is 12.1. The second-order valence-corrected chi connectivity index (χ2v) is 3.59. The van der Waals surface area contributed by atoms with E-state index in [9.17, 15) is 4.79 Å². The van der Waals surface area contributed by atoms with E-state index in [1.54, 1.807) is 19.3 Å². The lowest BCUT2D eigenvalue weighted by Gasteiger charge is -2.02. The van der Waals surface area contributed by atoms with Crippen LogP contribution in [0.5, 0.6) is 0 Å². The van der Waals surface area contributed by atoms with Crippen molar-refractivity contribution < 1.29 is 4.79 Å². The fourth-order valence-electron chi connectivity index (χ4n) is 1.51. The highest BCUT2D eigenvalue weighted by Gasteiger charge is 2.07. The van der Waals surface area contributed by atoms with E-state index < -0.39 is 0 Å². The molecule has 1 aromatic heterocycles. The maximum Gasteiger partial charge on any atom is 0.222 e. The van der Waals surface area contributed by atoms with Gasteiger partial charge in [-0.3, -0.25) is 4.79 Å². The molecule has 2 aromatic rings. The number of carbonyl (C=O) groups is 1. The number of hydrogen-bond acceptors (Lipinski definition) is 4. The highest BCUT2D eigenvalue weighted by molar-refractivity contribution is 5.97. The van der Waals surface area contributed by atoms with E-state index in [1.807, 2.05) is 30.3 Å². The number of Topliss-reactive ketones (excluding diaryl/α,β-unsaturated/α-hetero) is 1. The standard InChI is InChI=1S/C13H13N3O/c1-14-13-15-8-7-11(16-13)9-12(17)10-5-3-2-4-6-10/h2-8H,9H2,1H3,(H,14,15,16). The van der Waals surface area contributed by atoms with Crippen LogP contribution in [0.25, 0.3) is 0 Å². The lowest BCUT2D eigenvalue weighted by atomic mass is 10.1. The van der Waals surface area contributed by atoms with Gasteiger partial charge in [-0.2, -0.15) is 0 Å². The third-order valence-electron chi connectivity index (χ3n) is 2.37. The molecule has 1 N–H and O–H groups in total. The summed E-state index contributed by atoms with van der Waals surface area (Å²) in [6.07, 6.45) is 1.94. The van der Waals surface area contributed by atoms with Gasteiger partial charge in [0.05, 0.1) is 12.1 Å². The molecular weight excluding hydrogens is 214 g/mol. The Balaban J connectivity index is 2.13. The molecule has 0 saturated heterocycles. The van der Waals surface area contributed by atoms with Gasteiger partial charge in [0.2, 0.25) is 5.95 Å². The van der Waals surface area contributed by atoms with Crippen molar-refractivity contribution in [2.45, 2.75) is 6.42 Å². The molecule has 0 atom stereocenters. The van der Waals surface area contributed by atoms with Crippen molar-refractivity contribution in [3.8, 4) is 0 Å². The van der Waals surface area contributed by atoms with Crippen molar-refractivity contribution in [3.05, 3.63) is 53.9 Å². The third-order valence-corrected chi connectivity index (χ3v) is 2.37. The van der Waals surface area contributed by atoms with Gasteiger partial charge in [0.1, 0.15) is 0 Å². The van der Waals surface area contributed by atoms with Crippen molar-refractivity contribution >= 4 is 11.7 Å². The van der Waals surface area contributed by atoms with Crippen LogP contribution in [0, 0.1) is 0 Å². The number of benzene rings is 1. The average molecular weight is 227 g/mol. The van der Waals surface area contributed by atoms with E-state index in [1.165, 1.54) is 0 Å². The first-order chi connectivity index (χ1) is 8.29. The molecule has 2 rings (SSSR count). The molecule has 0 aliphatic carbocycles. The molecule has 86 valence electrons. The lowest BCUT2D eigenvalue weighted by Crippen LogP contribution is -2.06. The lowest BCUT2D eigenvalue weighted by molar-refractivity contribution is 0.0992. The van der Waals surface area contributed by atoms with Crippen molar-refractivity contribution in [2.75, 3.05) is 12.4 Å². The molecule has 4 nitrogen and oxygen atoms in total. The Bertz CT molecular complexity index is 511. The number of carbonyl (C=O) groups excluding carboxylic acids is 1. The van der Waals surface area contributed by atoms with Crippen LogP contribution >= 0.6 is 0 Å². The van der Waals surface area contributed by atoms with E-state index >= 15 is 0 Å². The quantitative estimate of drug-likeness (QED) is 0.811. The molecule has 0 saturated carbocycles. The Labute approximate surface area is 99.7 Å². The van der Waals surface area contributed by atoms with Crippen LogP contribution in [-0.4, -0.2) is 22.8 Å². The maximum atomic E-state index is 11.9. The zero-order valence-electron chi connectivity index (χ0n) is 9.55. The summed E-state index contributed by atoms with van der Waals surface area (Å²) in [6.45, 7) is 0. The molecule has 0 aliphatic heterocycles. The Morgan fingerprint density at radius 3 is 2.71 bits per heavy atom. The molecule has 1 heterocycles. The molecular formula is C13H13N3O. The van der Waals surface area contributed by atoms with Gasteiger partial charge in [-0.1, -0.05) is 30.3 Å². The van der Waals surface area contributed by atoms with Gasteiger partial charge in [0, 0.05) is 18.8 Å². The molecule has 0 fully saturated rings. The molecule has 0 unspecified atom stereocenters. The normalized spacial score (nSPS) is 9.94. The summed E-state index contributed by atoms with van der Waals surface area (Å²) in [5, 5.41) is 2.85. The Kier molecular flexibility index (Phi) is 3.45. The minimum Gasteiger partial charge on any atom is -0.357 e. The van der Waals surface area contributed by atoms with Crippen LogP contribution < -0.4 is 5.32 Å². The van der Waals surface area contributed by atoms with Crippen molar-refractivity contribution in [1.82, 2.24) is 9.97 Å². The summed E-state index contributed by atoms with van der Waals surface area (Å²) in [6, 6.07) is 11.0. The van der Waals surface area contributed by atoms with E-state index in [4.69, 9.17) is 0 Å². The number of aromatic nitrogens is 2. The van der Waals surface area contributed by atoms with Gasteiger partial charge in [0.15, 0.2) is 5.78 Å². The summed E-state index contributed by atoms with van der Waals surface area (Å²) in [5.74, 6) is 0.592. The zero-order valence-corrected chi connectivity index (χ0v) is 9.55. The molecule has 0 bridgehead atoms. The van der Waals surface area contributed by atoms with Crippen molar-refractivity contribution in [1.29, 1.82) is 0 Å². The molecule has 1 aromatic carbocycles. The second kappa shape index (κ2) is 5.21. The van der Waals surface area contributed by atoms with Gasteiger partial charge < -0.3 is 5.32 Å². The van der Waals surface area contributed by atoms with Gasteiger partial charge in [-0.25, -0.2) is 9.97 Å². The molecule has 17 heavy (non-hydrogen) atoms. The summed E-state index contributed by atoms with van der Waals surface area (Å²) >= 11 is 0. The summed E-state index contributed by atoms with van der Waals surface area (Å²) < 4.78 is 0. The number of ketones is 1. The predicted octanol–water partition coefficient (Wildman–Crippen LogP) is 1.94. The Morgan fingerprint density at radius 1 is 1.24 bits per heavy atom. The van der Waals surface area contributed by atoms with Gasteiger partial charge in [-0.05, 0) is 6.07 Å². The molecule has 0 spiro atoms. The van der Waals surface area contributed by atoms with E-state index in [0.29, 0.717) is 17.9 Å². The summed E-state index contributed by atoms with van der Waals surface area (Å²) in [4.78, 5) is 20.2. The molecule has 0 amide bonds. The second-order valence-electron chi connectivity index (χ2n) is 3.59. The van der Waals surface area contributed by atoms with Crippen LogP contribution in [0.4, 0.5) is 5.95 Å². The van der Waals surface area contributed by atoms with Gasteiger partial charge in [0.25, 0.3) is 0 Å². The third kappa shape index (κ3) is 2.87. The highest BCUT2D eigenvalue weighted by Crippen LogP contribution is 2.06. The average Bonchev–Trinajstić information content (AvgIpc) is 2.40. The Hall–Kier alpha value is -2.23. The smallest absolute Gasteiger partial charge is 0.222 e. The monoisotopic (exact) mass is 227 g/mol. The van der Waals surface area contributed by atoms with Crippen LogP contribution in [0.1, 0.15) is 16.1 Å². The number of nitrogens with zero attached hydrogens (tertiary/aromatic N) is 2. The SMILES string of the molecule is CNc1nccc(CC(=O)c2ccccc2)n1. The van der Waals surface area contributed by atoms with E-state index in [-0.39, 0.29) is 5.78 Å². The molecule has 0 radical (unpaired) electrons. The molecule has 0 aliphatic rings. The van der Waals surface area contributed by atoms with Crippen LogP contribution in [0.2, 0.25) is 0 Å². The molecule has 4 heteroatoms. The van der Waals surface area contributed by atoms with Crippen molar-refractivity contribution in [2.24, 2.45) is 0 Å². The first-order valence-corrected chi connectivity index (χ1v) is 5.37. The van der Waals surface area contributed by atoms with Crippen LogP contribution in [0.3, 0.4) is 0 Å². The summed E-state index contributed by atoms with van der Waals surface area (Å²) in [7, 11) is 1.75. The van der Waals surface area contributed by atoms with Gasteiger partial charge >= 0.3 is 0 Å².